The van der Waals surface area contributed by atoms with Gasteiger partial charge in [0.1, 0.15) is 0 Å². The maximum Gasteiger partial charge on any atom is 0.159 e. The van der Waals surface area contributed by atoms with Crippen molar-refractivity contribution in [3.8, 4) is 0 Å². The van der Waals surface area contributed by atoms with E-state index < -0.39 is 11.6 Å². The first-order valence-electron chi connectivity index (χ1n) is 5.96. The lowest BCUT2D eigenvalue weighted by Gasteiger charge is -2.30. The summed E-state index contributed by atoms with van der Waals surface area (Å²) in [6.07, 6.45) is 3.62. The first-order valence-corrected chi connectivity index (χ1v) is 7.01. The summed E-state index contributed by atoms with van der Waals surface area (Å²) in [5.74, 6) is -0.379. The highest BCUT2D eigenvalue weighted by atomic mass is 32.2. The SMILES string of the molecule is CNC(c1ccc(F)c(F)c1)C1CCCCS1. The Bertz CT molecular complexity index is 378. The number of halogens is 2. The van der Waals surface area contributed by atoms with Crippen LogP contribution in [0.3, 0.4) is 0 Å². The van der Waals surface area contributed by atoms with E-state index in [-0.39, 0.29) is 6.04 Å². The van der Waals surface area contributed by atoms with Gasteiger partial charge in [-0.25, -0.2) is 8.78 Å². The van der Waals surface area contributed by atoms with Gasteiger partial charge in [-0.15, -0.1) is 0 Å². The topological polar surface area (TPSA) is 12.0 Å². The molecule has 0 spiro atoms. The summed E-state index contributed by atoms with van der Waals surface area (Å²) in [5.41, 5.74) is 0.839. The van der Waals surface area contributed by atoms with Crippen molar-refractivity contribution in [1.82, 2.24) is 5.32 Å². The number of thioether (sulfide) groups is 1. The summed E-state index contributed by atoms with van der Waals surface area (Å²) in [7, 11) is 1.88. The van der Waals surface area contributed by atoms with Crippen LogP contribution in [-0.4, -0.2) is 18.1 Å². The fourth-order valence-corrected chi connectivity index (χ4v) is 3.79. The second-order valence-electron chi connectivity index (χ2n) is 4.34. The molecule has 0 radical (unpaired) electrons. The Morgan fingerprint density at radius 3 is 2.71 bits per heavy atom. The molecular formula is C13H17F2NS. The average Bonchev–Trinajstić information content (AvgIpc) is 2.36. The third-order valence-electron chi connectivity index (χ3n) is 3.20. The smallest absolute Gasteiger partial charge is 0.159 e. The van der Waals surface area contributed by atoms with Crippen LogP contribution in [0.25, 0.3) is 0 Å². The molecule has 1 fully saturated rings. The van der Waals surface area contributed by atoms with Gasteiger partial charge in [0.25, 0.3) is 0 Å². The molecule has 1 aromatic rings. The predicted octanol–water partition coefficient (Wildman–Crippen LogP) is 3.51. The number of hydrogen-bond acceptors (Lipinski definition) is 2. The molecular weight excluding hydrogens is 240 g/mol. The summed E-state index contributed by atoms with van der Waals surface area (Å²) in [6, 6.07) is 4.30. The van der Waals surface area contributed by atoms with Crippen LogP contribution >= 0.6 is 11.8 Å². The minimum absolute atomic E-state index is 0.107. The van der Waals surface area contributed by atoms with Gasteiger partial charge in [-0.05, 0) is 43.3 Å². The van der Waals surface area contributed by atoms with Crippen molar-refractivity contribution in [1.29, 1.82) is 0 Å². The van der Waals surface area contributed by atoms with E-state index in [0.29, 0.717) is 5.25 Å². The van der Waals surface area contributed by atoms with Crippen molar-refractivity contribution in [3.05, 3.63) is 35.4 Å². The zero-order valence-corrected chi connectivity index (χ0v) is 10.7. The molecule has 17 heavy (non-hydrogen) atoms. The van der Waals surface area contributed by atoms with Crippen LogP contribution in [0, 0.1) is 11.6 Å². The molecule has 0 saturated carbocycles. The van der Waals surface area contributed by atoms with Gasteiger partial charge in [-0.2, -0.15) is 11.8 Å². The number of rotatable bonds is 3. The fourth-order valence-electron chi connectivity index (χ4n) is 2.30. The molecule has 1 aliphatic rings. The number of nitrogens with one attached hydrogen (secondary N) is 1. The summed E-state index contributed by atoms with van der Waals surface area (Å²) in [6.45, 7) is 0. The molecule has 2 rings (SSSR count). The molecule has 2 atom stereocenters. The van der Waals surface area contributed by atoms with Gasteiger partial charge in [-0.1, -0.05) is 12.5 Å². The highest BCUT2D eigenvalue weighted by molar-refractivity contribution is 8.00. The molecule has 0 aliphatic carbocycles. The summed E-state index contributed by atoms with van der Waals surface area (Å²) in [5, 5.41) is 3.68. The van der Waals surface area contributed by atoms with Crippen LogP contribution in [0.4, 0.5) is 8.78 Å². The predicted molar refractivity (Wildman–Crippen MR) is 68.3 cm³/mol. The molecule has 2 unspecified atom stereocenters. The summed E-state index contributed by atoms with van der Waals surface area (Å²) >= 11 is 1.92. The van der Waals surface area contributed by atoms with Gasteiger partial charge < -0.3 is 5.32 Å². The van der Waals surface area contributed by atoms with Crippen LogP contribution < -0.4 is 5.32 Å². The average molecular weight is 257 g/mol. The van der Waals surface area contributed by atoms with Crippen molar-refractivity contribution in [3.63, 3.8) is 0 Å². The van der Waals surface area contributed by atoms with Crippen molar-refractivity contribution in [2.24, 2.45) is 0 Å². The maximum absolute atomic E-state index is 13.2. The Balaban J connectivity index is 2.18. The number of hydrogen-bond donors (Lipinski definition) is 1. The van der Waals surface area contributed by atoms with Gasteiger partial charge in [-0.3, -0.25) is 0 Å². The lowest BCUT2D eigenvalue weighted by atomic mass is 9.99. The Morgan fingerprint density at radius 1 is 1.29 bits per heavy atom. The van der Waals surface area contributed by atoms with Gasteiger partial charge in [0, 0.05) is 11.3 Å². The van der Waals surface area contributed by atoms with Crippen LogP contribution in [0.15, 0.2) is 18.2 Å². The molecule has 0 aromatic heterocycles. The van der Waals surface area contributed by atoms with Crippen LogP contribution in [-0.2, 0) is 0 Å². The lowest BCUT2D eigenvalue weighted by molar-refractivity contribution is 0.490. The molecule has 4 heteroatoms. The zero-order chi connectivity index (χ0) is 12.3. The van der Waals surface area contributed by atoms with Crippen LogP contribution in [0.1, 0.15) is 30.9 Å². The third-order valence-corrected chi connectivity index (χ3v) is 4.66. The first-order chi connectivity index (χ1) is 8.22. The second kappa shape index (κ2) is 5.83. The van der Waals surface area contributed by atoms with Crippen LogP contribution in [0.2, 0.25) is 0 Å². The lowest BCUT2D eigenvalue weighted by Crippen LogP contribution is -2.29. The van der Waals surface area contributed by atoms with Crippen molar-refractivity contribution in [2.75, 3.05) is 12.8 Å². The van der Waals surface area contributed by atoms with E-state index in [4.69, 9.17) is 0 Å². The Morgan fingerprint density at radius 2 is 2.12 bits per heavy atom. The Hall–Kier alpha value is -0.610. The summed E-state index contributed by atoms with van der Waals surface area (Å²) < 4.78 is 26.1. The molecule has 94 valence electrons. The zero-order valence-electron chi connectivity index (χ0n) is 9.88. The molecule has 1 nitrogen and oxygen atoms in total. The molecule has 1 saturated heterocycles. The summed E-state index contributed by atoms with van der Waals surface area (Å²) in [4.78, 5) is 0. The van der Waals surface area contributed by atoms with Gasteiger partial charge in [0.05, 0.1) is 0 Å². The van der Waals surface area contributed by atoms with Gasteiger partial charge in [0.2, 0.25) is 0 Å². The van der Waals surface area contributed by atoms with E-state index in [1.165, 1.54) is 25.0 Å². The van der Waals surface area contributed by atoms with Crippen molar-refractivity contribution in [2.45, 2.75) is 30.6 Å². The molecule has 1 heterocycles. The van der Waals surface area contributed by atoms with Crippen molar-refractivity contribution >= 4 is 11.8 Å². The van der Waals surface area contributed by atoms with E-state index in [1.807, 2.05) is 18.8 Å². The fraction of sp³-hybridized carbons (Fsp3) is 0.538. The molecule has 1 aromatic carbocycles. The standard InChI is InChI=1S/C13H17F2NS/c1-16-13(12-4-2-3-7-17-12)9-5-6-10(14)11(15)8-9/h5-6,8,12-13,16H,2-4,7H2,1H3. The van der Waals surface area contributed by atoms with E-state index >= 15 is 0 Å². The van der Waals surface area contributed by atoms with Crippen molar-refractivity contribution < 1.29 is 8.78 Å². The Labute approximate surface area is 105 Å². The molecule has 0 amide bonds. The molecule has 0 bridgehead atoms. The molecule has 1 N–H and O–H groups in total. The minimum Gasteiger partial charge on any atom is -0.312 e. The third kappa shape index (κ3) is 2.99. The maximum atomic E-state index is 13.2. The number of benzene rings is 1. The van der Waals surface area contributed by atoms with E-state index in [0.717, 1.165) is 17.7 Å². The second-order valence-corrected chi connectivity index (χ2v) is 5.69. The largest absolute Gasteiger partial charge is 0.312 e. The first kappa shape index (κ1) is 12.8. The van der Waals surface area contributed by atoms with Gasteiger partial charge in [0.15, 0.2) is 11.6 Å². The minimum atomic E-state index is -0.778. The van der Waals surface area contributed by atoms with E-state index in [2.05, 4.69) is 5.32 Å². The monoisotopic (exact) mass is 257 g/mol. The van der Waals surface area contributed by atoms with E-state index in [1.54, 1.807) is 6.07 Å². The Kier molecular flexibility index (Phi) is 4.40. The normalized spacial score (nSPS) is 22.4. The highest BCUT2D eigenvalue weighted by Crippen LogP contribution is 2.34. The van der Waals surface area contributed by atoms with E-state index in [9.17, 15) is 8.78 Å². The molecule has 1 aliphatic heterocycles. The highest BCUT2D eigenvalue weighted by Gasteiger charge is 2.24. The van der Waals surface area contributed by atoms with Gasteiger partial charge >= 0.3 is 0 Å². The van der Waals surface area contributed by atoms with Crippen LogP contribution in [0.5, 0.6) is 0 Å². The quantitative estimate of drug-likeness (QED) is 0.889.